The van der Waals surface area contributed by atoms with E-state index in [1.807, 2.05) is 0 Å². The second-order valence-electron chi connectivity index (χ2n) is 18.9. The standard InChI is InChI=1S/C51H87N11O14/c1-3-4-5-6-7-8-9-10-11-12-13-14-18-23-43(69)57-39(31-64)49(74)60-38(29-41(53)67)48(73)62-44(33(2)66)51(76)61-40(32-65)50(75)58-36(45(54)70)24-25-42(68)55-26-19-20-27-56-47(72)37(59-46(71)35(52)30-63)28-34-21-16-15-17-22-34/h15-17,21-22,33,35-40,44,63-66H,3-14,18-20,23-32,52H2,1-2H3,(H2,53,67)(H2,54,70)(H,55,68)(H,56,72)(H,57,69)(H,58,75)(H,59,71)(H,60,74)(H,61,76)(H,62,73)/t33-,35?,36?,37?,38+,39+,40+,44+/m1/s1. The van der Waals surface area contributed by atoms with Gasteiger partial charge in [0.05, 0.1) is 32.3 Å². The minimum Gasteiger partial charge on any atom is -0.394 e. The van der Waals surface area contributed by atoms with Crippen molar-refractivity contribution in [3.63, 3.8) is 0 Å². The first-order chi connectivity index (χ1) is 36.3. The summed E-state index contributed by atoms with van der Waals surface area (Å²) in [5.41, 5.74) is 17.2. The molecule has 25 heteroatoms. The summed E-state index contributed by atoms with van der Waals surface area (Å²) < 4.78 is 0. The van der Waals surface area contributed by atoms with Crippen LogP contribution in [0.25, 0.3) is 0 Å². The van der Waals surface area contributed by atoms with E-state index in [2.05, 4.69) is 49.5 Å². The van der Waals surface area contributed by atoms with Crippen LogP contribution in [0.15, 0.2) is 30.3 Å². The van der Waals surface area contributed by atoms with Crippen LogP contribution in [0.2, 0.25) is 0 Å². The van der Waals surface area contributed by atoms with Crippen LogP contribution in [0.4, 0.5) is 0 Å². The van der Waals surface area contributed by atoms with Crippen molar-refractivity contribution in [1.29, 1.82) is 0 Å². The molecule has 430 valence electrons. The molecular weight excluding hydrogens is 991 g/mol. The lowest BCUT2D eigenvalue weighted by atomic mass is 10.0. The third kappa shape index (κ3) is 29.7. The Bertz CT molecular complexity index is 1950. The zero-order valence-corrected chi connectivity index (χ0v) is 44.3. The van der Waals surface area contributed by atoms with Gasteiger partial charge in [-0.15, -0.1) is 0 Å². The van der Waals surface area contributed by atoms with E-state index >= 15 is 0 Å². The Morgan fingerprint density at radius 3 is 1.50 bits per heavy atom. The molecule has 0 aromatic heterocycles. The molecule has 8 atom stereocenters. The molecule has 1 aromatic carbocycles. The van der Waals surface area contributed by atoms with Gasteiger partial charge in [-0.05, 0) is 38.2 Å². The molecule has 0 aliphatic heterocycles. The molecule has 18 N–H and O–H groups in total. The van der Waals surface area contributed by atoms with Gasteiger partial charge in [0.25, 0.3) is 0 Å². The number of rotatable bonds is 43. The molecule has 1 rings (SSSR count). The third-order valence-corrected chi connectivity index (χ3v) is 12.3. The number of aliphatic hydroxyl groups is 4. The van der Waals surface area contributed by atoms with Crippen molar-refractivity contribution < 1.29 is 68.4 Å². The van der Waals surface area contributed by atoms with Crippen LogP contribution in [0.3, 0.4) is 0 Å². The maximum Gasteiger partial charge on any atom is 0.245 e. The van der Waals surface area contributed by atoms with Gasteiger partial charge in [-0.25, -0.2) is 0 Å². The van der Waals surface area contributed by atoms with Crippen molar-refractivity contribution >= 4 is 59.1 Å². The zero-order chi connectivity index (χ0) is 56.8. The SMILES string of the molecule is CCCCCCCCCCCCCCCC(=O)N[C@@H](CO)C(=O)N[C@@H](CC(N)=O)C(=O)N[C@H](C(=O)N[C@@H](CO)C(=O)NC(CCC(=O)NCCCCNC(=O)C(Cc1ccccc1)NC(=O)C(N)CO)C(N)=O)[C@@H](C)O. The maximum absolute atomic E-state index is 13.4. The molecule has 3 unspecified atom stereocenters. The highest BCUT2D eigenvalue weighted by molar-refractivity contribution is 5.98. The van der Waals surface area contributed by atoms with Crippen molar-refractivity contribution in [2.24, 2.45) is 17.2 Å². The van der Waals surface area contributed by atoms with Gasteiger partial charge in [0.2, 0.25) is 59.1 Å². The predicted molar refractivity (Wildman–Crippen MR) is 280 cm³/mol. The summed E-state index contributed by atoms with van der Waals surface area (Å²) in [5, 5.41) is 58.7. The molecule has 1 aromatic rings. The molecule has 0 fully saturated rings. The molecule has 0 radical (unpaired) electrons. The Morgan fingerprint density at radius 2 is 0.987 bits per heavy atom. The smallest absolute Gasteiger partial charge is 0.245 e. The molecule has 0 aliphatic carbocycles. The molecule has 0 aliphatic rings. The number of nitrogens with two attached hydrogens (primary N) is 3. The van der Waals surface area contributed by atoms with Gasteiger partial charge in [-0.1, -0.05) is 114 Å². The van der Waals surface area contributed by atoms with Gasteiger partial charge in [0.15, 0.2) is 0 Å². The van der Waals surface area contributed by atoms with Gasteiger partial charge >= 0.3 is 0 Å². The first-order valence-electron chi connectivity index (χ1n) is 26.5. The number of hydrogen-bond acceptors (Lipinski definition) is 15. The number of hydrogen-bond donors (Lipinski definition) is 15. The molecule has 10 amide bonds. The highest BCUT2D eigenvalue weighted by Gasteiger charge is 2.35. The fourth-order valence-corrected chi connectivity index (χ4v) is 7.72. The van der Waals surface area contributed by atoms with Gasteiger partial charge < -0.3 is 80.2 Å². The van der Waals surface area contributed by atoms with E-state index in [9.17, 15) is 68.4 Å². The van der Waals surface area contributed by atoms with Crippen molar-refractivity contribution in [2.75, 3.05) is 32.9 Å². The molecule has 76 heavy (non-hydrogen) atoms. The fraction of sp³-hybridized carbons (Fsp3) is 0.686. The number of carbonyl (C=O) groups is 10. The number of carbonyl (C=O) groups excluding carboxylic acids is 10. The van der Waals surface area contributed by atoms with Gasteiger partial charge in [0, 0.05) is 32.4 Å². The highest BCUT2D eigenvalue weighted by atomic mass is 16.3. The lowest BCUT2D eigenvalue weighted by Crippen LogP contribution is -2.62. The lowest BCUT2D eigenvalue weighted by Gasteiger charge is -2.27. The second kappa shape index (κ2) is 40.0. The number of benzene rings is 1. The molecule has 25 nitrogen and oxygen atoms in total. The van der Waals surface area contributed by atoms with Crippen LogP contribution in [0.1, 0.15) is 141 Å². The Labute approximate surface area is 445 Å². The van der Waals surface area contributed by atoms with Crippen molar-refractivity contribution in [1.82, 2.24) is 42.5 Å². The van der Waals surface area contributed by atoms with E-state index in [1.165, 1.54) is 51.4 Å². The summed E-state index contributed by atoms with van der Waals surface area (Å²) in [6.07, 6.45) is 12.4. The maximum atomic E-state index is 13.4. The van der Waals surface area contributed by atoms with Crippen LogP contribution in [0, 0.1) is 0 Å². The van der Waals surface area contributed by atoms with Crippen LogP contribution >= 0.6 is 0 Å². The summed E-state index contributed by atoms with van der Waals surface area (Å²) in [5.74, 6) is -8.99. The summed E-state index contributed by atoms with van der Waals surface area (Å²) in [7, 11) is 0. The zero-order valence-electron chi connectivity index (χ0n) is 44.3. The van der Waals surface area contributed by atoms with Crippen LogP contribution in [0.5, 0.6) is 0 Å². The molecule has 0 heterocycles. The second-order valence-corrected chi connectivity index (χ2v) is 18.9. The molecular formula is C51H87N11O14. The first-order valence-corrected chi connectivity index (χ1v) is 26.5. The minimum atomic E-state index is -1.87. The van der Waals surface area contributed by atoms with Crippen LogP contribution in [-0.2, 0) is 54.4 Å². The average Bonchev–Trinajstić information content (AvgIpc) is 3.38. The summed E-state index contributed by atoms with van der Waals surface area (Å²) in [4.78, 5) is 128. The number of unbranched alkanes of at least 4 members (excludes halogenated alkanes) is 13. The van der Waals surface area contributed by atoms with E-state index in [0.29, 0.717) is 19.3 Å². The van der Waals surface area contributed by atoms with Gasteiger partial charge in [0.1, 0.15) is 42.3 Å². The number of aliphatic hydroxyl groups excluding tert-OH is 4. The van der Waals surface area contributed by atoms with E-state index in [0.717, 1.165) is 38.2 Å². The molecule has 0 bridgehead atoms. The largest absolute Gasteiger partial charge is 0.394 e. The fourth-order valence-electron chi connectivity index (χ4n) is 7.72. The first kappa shape index (κ1) is 67.7. The summed E-state index contributed by atoms with van der Waals surface area (Å²) in [6.45, 7) is 1.10. The van der Waals surface area contributed by atoms with Crippen molar-refractivity contribution in [3.8, 4) is 0 Å². The van der Waals surface area contributed by atoms with Gasteiger partial charge in [-0.3, -0.25) is 47.9 Å². The normalized spacial score (nSPS) is 14.2. The monoisotopic (exact) mass is 1080 g/mol. The van der Waals surface area contributed by atoms with Crippen molar-refractivity contribution in [2.45, 2.75) is 191 Å². The average molecular weight is 1080 g/mol. The Morgan fingerprint density at radius 1 is 0.500 bits per heavy atom. The number of primary amides is 2. The Kier molecular flexibility index (Phi) is 35.7. The van der Waals surface area contributed by atoms with E-state index < -0.39 is 134 Å². The minimum absolute atomic E-state index is 0.0759. The van der Waals surface area contributed by atoms with E-state index in [1.54, 1.807) is 30.3 Å². The number of nitrogens with one attached hydrogen (secondary N) is 8. The highest BCUT2D eigenvalue weighted by Crippen LogP contribution is 2.13. The summed E-state index contributed by atoms with van der Waals surface area (Å²) in [6, 6.07) is -1.67. The quantitative estimate of drug-likeness (QED) is 0.0300. The lowest BCUT2D eigenvalue weighted by molar-refractivity contribution is -0.138. The van der Waals surface area contributed by atoms with Crippen LogP contribution < -0.4 is 59.7 Å². The molecule has 0 saturated heterocycles. The molecule has 0 saturated carbocycles. The third-order valence-electron chi connectivity index (χ3n) is 12.3. The Balaban J connectivity index is 2.68. The predicted octanol–water partition coefficient (Wildman–Crippen LogP) is -2.54. The molecule has 0 spiro atoms. The van der Waals surface area contributed by atoms with E-state index in [-0.39, 0.29) is 38.8 Å². The van der Waals surface area contributed by atoms with E-state index in [4.69, 9.17) is 17.2 Å². The topological polar surface area (TPSA) is 426 Å². The number of amides is 10. The van der Waals surface area contributed by atoms with Crippen molar-refractivity contribution in [3.05, 3.63) is 35.9 Å². The van der Waals surface area contributed by atoms with Crippen LogP contribution in [-0.4, -0.2) is 161 Å². The summed E-state index contributed by atoms with van der Waals surface area (Å²) >= 11 is 0. The Hall–Kier alpha value is -6.28. The van der Waals surface area contributed by atoms with Gasteiger partial charge in [-0.2, -0.15) is 0 Å².